The fourth-order valence-electron chi connectivity index (χ4n) is 2.00. The predicted molar refractivity (Wildman–Crippen MR) is 78.0 cm³/mol. The monoisotopic (exact) mass is 251 g/mol. The molecule has 0 unspecified atom stereocenters. The molecular formula is C13H25N5. The van der Waals surface area contributed by atoms with E-state index in [1.54, 1.807) is 0 Å². The fourth-order valence-corrected chi connectivity index (χ4v) is 2.00. The van der Waals surface area contributed by atoms with Crippen LogP contribution in [0.25, 0.3) is 0 Å². The van der Waals surface area contributed by atoms with E-state index in [0.29, 0.717) is 12.0 Å². The van der Waals surface area contributed by atoms with Crippen LogP contribution in [0.15, 0.2) is 6.07 Å². The number of anilines is 3. The van der Waals surface area contributed by atoms with Crippen molar-refractivity contribution < 1.29 is 0 Å². The minimum Gasteiger partial charge on any atom is -0.370 e. The molecule has 0 aliphatic carbocycles. The minimum absolute atomic E-state index is 0.323. The highest BCUT2D eigenvalue weighted by Crippen LogP contribution is 2.20. The third kappa shape index (κ3) is 3.75. The molecule has 0 spiro atoms. The number of nitrogen functional groups attached to an aromatic ring is 1. The third-order valence-electron chi connectivity index (χ3n) is 3.14. The normalized spacial score (nSPS) is 10.7. The van der Waals surface area contributed by atoms with E-state index in [4.69, 9.17) is 5.73 Å². The van der Waals surface area contributed by atoms with Crippen molar-refractivity contribution >= 4 is 17.6 Å². The first kappa shape index (κ1) is 14.5. The van der Waals surface area contributed by atoms with Gasteiger partial charge in [-0.15, -0.1) is 0 Å². The molecule has 0 amide bonds. The highest BCUT2D eigenvalue weighted by atomic mass is 15.2. The van der Waals surface area contributed by atoms with Crippen LogP contribution in [0.2, 0.25) is 0 Å². The lowest BCUT2D eigenvalue weighted by molar-refractivity contribution is 0.587. The average Bonchev–Trinajstić information content (AvgIpc) is 2.37. The van der Waals surface area contributed by atoms with E-state index >= 15 is 0 Å². The van der Waals surface area contributed by atoms with Crippen LogP contribution in [0.3, 0.4) is 0 Å². The van der Waals surface area contributed by atoms with Crippen LogP contribution in [0.1, 0.15) is 40.0 Å². The zero-order valence-corrected chi connectivity index (χ0v) is 11.9. The van der Waals surface area contributed by atoms with E-state index in [0.717, 1.165) is 37.4 Å². The number of nitrogens with two attached hydrogens (primary N) is 1. The molecule has 0 atom stereocenters. The first-order valence-corrected chi connectivity index (χ1v) is 6.73. The molecule has 0 saturated carbocycles. The molecule has 0 aliphatic rings. The van der Waals surface area contributed by atoms with Crippen molar-refractivity contribution in [2.45, 2.75) is 46.1 Å². The summed E-state index contributed by atoms with van der Waals surface area (Å²) in [5.74, 6) is 2.01. The Morgan fingerprint density at radius 1 is 1.28 bits per heavy atom. The first-order chi connectivity index (χ1) is 8.62. The molecular weight excluding hydrogens is 226 g/mol. The Kier molecular flexibility index (Phi) is 5.68. The summed E-state index contributed by atoms with van der Waals surface area (Å²) in [7, 11) is 2.06. The van der Waals surface area contributed by atoms with Gasteiger partial charge in [0, 0.05) is 25.7 Å². The van der Waals surface area contributed by atoms with Crippen LogP contribution in [0.5, 0.6) is 0 Å². The second kappa shape index (κ2) is 7.03. The van der Waals surface area contributed by atoms with Crippen LogP contribution in [-0.2, 0) is 0 Å². The van der Waals surface area contributed by atoms with Crippen molar-refractivity contribution in [3.05, 3.63) is 6.07 Å². The van der Waals surface area contributed by atoms with Gasteiger partial charge in [-0.05, 0) is 19.3 Å². The van der Waals surface area contributed by atoms with Crippen LogP contribution in [0.4, 0.5) is 17.6 Å². The predicted octanol–water partition coefficient (Wildman–Crippen LogP) is 2.51. The molecule has 0 aromatic carbocycles. The van der Waals surface area contributed by atoms with Gasteiger partial charge < -0.3 is 16.0 Å². The van der Waals surface area contributed by atoms with Gasteiger partial charge in [-0.2, -0.15) is 9.97 Å². The van der Waals surface area contributed by atoms with E-state index in [2.05, 4.69) is 48.0 Å². The van der Waals surface area contributed by atoms with Crippen molar-refractivity contribution in [2.24, 2.45) is 0 Å². The van der Waals surface area contributed by atoms with Gasteiger partial charge in [0.05, 0.1) is 0 Å². The topological polar surface area (TPSA) is 67.1 Å². The smallest absolute Gasteiger partial charge is 0.223 e. The summed E-state index contributed by atoms with van der Waals surface area (Å²) >= 11 is 0. The molecule has 18 heavy (non-hydrogen) atoms. The summed E-state index contributed by atoms with van der Waals surface area (Å²) < 4.78 is 0. The van der Waals surface area contributed by atoms with Crippen molar-refractivity contribution in [3.63, 3.8) is 0 Å². The summed E-state index contributed by atoms with van der Waals surface area (Å²) in [6, 6.07) is 2.45. The van der Waals surface area contributed by atoms with Crippen molar-refractivity contribution in [1.29, 1.82) is 0 Å². The molecule has 1 aromatic rings. The SMILES string of the molecule is CCCNc1cc(N(C)C(CC)CC)nc(N)n1. The van der Waals surface area contributed by atoms with Crippen LogP contribution < -0.4 is 16.0 Å². The summed E-state index contributed by atoms with van der Waals surface area (Å²) in [5, 5.41) is 3.25. The maximum absolute atomic E-state index is 5.76. The maximum atomic E-state index is 5.76. The number of hydrogen-bond donors (Lipinski definition) is 2. The molecule has 5 heteroatoms. The second-order valence-corrected chi connectivity index (χ2v) is 4.48. The van der Waals surface area contributed by atoms with Gasteiger partial charge in [-0.1, -0.05) is 20.8 Å². The highest BCUT2D eigenvalue weighted by molar-refractivity contribution is 5.52. The van der Waals surface area contributed by atoms with Gasteiger partial charge in [0.25, 0.3) is 0 Å². The summed E-state index contributed by atoms with van der Waals surface area (Å²) in [4.78, 5) is 10.7. The van der Waals surface area contributed by atoms with Crippen LogP contribution in [0, 0.1) is 0 Å². The molecule has 0 aliphatic heterocycles. The highest BCUT2D eigenvalue weighted by Gasteiger charge is 2.14. The van der Waals surface area contributed by atoms with Gasteiger partial charge in [0.1, 0.15) is 11.6 Å². The van der Waals surface area contributed by atoms with E-state index in [-0.39, 0.29) is 0 Å². The zero-order valence-electron chi connectivity index (χ0n) is 11.9. The van der Waals surface area contributed by atoms with Crippen LogP contribution in [-0.4, -0.2) is 29.6 Å². The number of aromatic nitrogens is 2. The fraction of sp³-hybridized carbons (Fsp3) is 0.692. The third-order valence-corrected chi connectivity index (χ3v) is 3.14. The van der Waals surface area contributed by atoms with Crippen LogP contribution >= 0.6 is 0 Å². The van der Waals surface area contributed by atoms with Gasteiger partial charge in [-0.3, -0.25) is 0 Å². The van der Waals surface area contributed by atoms with E-state index in [1.807, 2.05) is 6.07 Å². The Morgan fingerprint density at radius 2 is 1.94 bits per heavy atom. The van der Waals surface area contributed by atoms with Gasteiger partial charge in [0.2, 0.25) is 5.95 Å². The van der Waals surface area contributed by atoms with Crippen molar-refractivity contribution in [3.8, 4) is 0 Å². The van der Waals surface area contributed by atoms with E-state index in [9.17, 15) is 0 Å². The maximum Gasteiger partial charge on any atom is 0.223 e. The van der Waals surface area contributed by atoms with Crippen molar-refractivity contribution in [2.75, 3.05) is 29.5 Å². The van der Waals surface area contributed by atoms with Gasteiger partial charge >= 0.3 is 0 Å². The Balaban J connectivity index is 2.90. The summed E-state index contributed by atoms with van der Waals surface area (Å²) in [5.41, 5.74) is 5.76. The van der Waals surface area contributed by atoms with Crippen molar-refractivity contribution in [1.82, 2.24) is 9.97 Å². The Morgan fingerprint density at radius 3 is 2.50 bits per heavy atom. The number of nitrogens with zero attached hydrogens (tertiary/aromatic N) is 3. The Hall–Kier alpha value is -1.52. The number of hydrogen-bond acceptors (Lipinski definition) is 5. The number of nitrogens with one attached hydrogen (secondary N) is 1. The van der Waals surface area contributed by atoms with Gasteiger partial charge in [0.15, 0.2) is 0 Å². The quantitative estimate of drug-likeness (QED) is 0.779. The lowest BCUT2D eigenvalue weighted by atomic mass is 10.1. The van der Waals surface area contributed by atoms with E-state index in [1.165, 1.54) is 0 Å². The lowest BCUT2D eigenvalue weighted by Crippen LogP contribution is -2.31. The molecule has 3 N–H and O–H groups in total. The standard InChI is InChI=1S/C13H25N5/c1-5-8-15-11-9-12(17-13(14)16-11)18(4)10(6-2)7-3/h9-10H,5-8H2,1-4H3,(H3,14,15,16,17). The lowest BCUT2D eigenvalue weighted by Gasteiger charge is -2.27. The molecule has 0 bridgehead atoms. The summed E-state index contributed by atoms with van der Waals surface area (Å²) in [6.45, 7) is 7.39. The molecule has 1 heterocycles. The average molecular weight is 251 g/mol. The van der Waals surface area contributed by atoms with Gasteiger partial charge in [-0.25, -0.2) is 0 Å². The molecule has 0 fully saturated rings. The molecule has 1 rings (SSSR count). The van der Waals surface area contributed by atoms with E-state index < -0.39 is 0 Å². The number of rotatable bonds is 7. The molecule has 0 saturated heterocycles. The Labute approximate surface area is 110 Å². The molecule has 0 radical (unpaired) electrons. The first-order valence-electron chi connectivity index (χ1n) is 6.73. The molecule has 5 nitrogen and oxygen atoms in total. The molecule has 1 aromatic heterocycles. The minimum atomic E-state index is 0.323. The summed E-state index contributed by atoms with van der Waals surface area (Å²) in [6.07, 6.45) is 3.24. The zero-order chi connectivity index (χ0) is 13.5. The largest absolute Gasteiger partial charge is 0.370 e. The molecule has 102 valence electrons. The second-order valence-electron chi connectivity index (χ2n) is 4.48. The Bertz CT molecular complexity index is 362.